The molecule has 3 rings (SSSR count). The predicted molar refractivity (Wildman–Crippen MR) is 70.0 cm³/mol. The minimum absolute atomic E-state index is 0.199. The molecule has 0 spiro atoms. The summed E-state index contributed by atoms with van der Waals surface area (Å²) in [6.45, 7) is 0.736. The van der Waals surface area contributed by atoms with Gasteiger partial charge in [0.15, 0.2) is 0 Å². The highest BCUT2D eigenvalue weighted by molar-refractivity contribution is 7.14. The minimum Gasteiger partial charge on any atom is -0.330 e. The summed E-state index contributed by atoms with van der Waals surface area (Å²) in [6, 6.07) is 2.13. The molecule has 0 aromatic carbocycles. The van der Waals surface area contributed by atoms with Gasteiger partial charge in [-0.05, 0) is 24.3 Å². The fourth-order valence-electron chi connectivity index (χ4n) is 2.20. The highest BCUT2D eigenvalue weighted by Gasteiger charge is 2.39. The number of nitrogens with zero attached hydrogens (tertiary/aromatic N) is 1. The summed E-state index contributed by atoms with van der Waals surface area (Å²) in [5.41, 5.74) is 8.55. The van der Waals surface area contributed by atoms with Crippen LogP contribution < -0.4 is 5.73 Å². The zero-order chi connectivity index (χ0) is 11.0. The first-order valence-corrected chi connectivity index (χ1v) is 7.35. The van der Waals surface area contributed by atoms with Gasteiger partial charge in [-0.3, -0.25) is 0 Å². The first kappa shape index (κ1) is 10.4. The van der Waals surface area contributed by atoms with Crippen molar-refractivity contribution in [1.82, 2.24) is 4.98 Å². The lowest BCUT2D eigenvalue weighted by Crippen LogP contribution is -2.41. The number of aromatic nitrogens is 1. The summed E-state index contributed by atoms with van der Waals surface area (Å²) in [6.07, 6.45) is 3.70. The minimum atomic E-state index is 0.199. The van der Waals surface area contributed by atoms with E-state index in [1.54, 1.807) is 22.7 Å². The van der Waals surface area contributed by atoms with E-state index in [2.05, 4.69) is 22.2 Å². The quantitative estimate of drug-likeness (QED) is 0.908. The van der Waals surface area contributed by atoms with Crippen molar-refractivity contribution >= 4 is 22.7 Å². The van der Waals surface area contributed by atoms with Crippen LogP contribution >= 0.6 is 22.7 Å². The van der Waals surface area contributed by atoms with E-state index in [4.69, 9.17) is 10.7 Å². The van der Waals surface area contributed by atoms with Crippen molar-refractivity contribution in [2.75, 3.05) is 6.54 Å². The highest BCUT2D eigenvalue weighted by atomic mass is 32.1. The lowest BCUT2D eigenvalue weighted by molar-refractivity contribution is 0.247. The molecule has 2 heterocycles. The molecule has 4 heteroatoms. The third-order valence-corrected chi connectivity index (χ3v) is 5.09. The summed E-state index contributed by atoms with van der Waals surface area (Å²) in [4.78, 5) is 4.76. The lowest BCUT2D eigenvalue weighted by Gasteiger charge is -2.39. The molecule has 0 radical (unpaired) electrons. The van der Waals surface area contributed by atoms with Gasteiger partial charge in [-0.25, -0.2) is 4.98 Å². The van der Waals surface area contributed by atoms with Gasteiger partial charge >= 0.3 is 0 Å². The molecule has 1 fully saturated rings. The maximum absolute atomic E-state index is 5.90. The van der Waals surface area contributed by atoms with Gasteiger partial charge in [0.2, 0.25) is 0 Å². The lowest BCUT2D eigenvalue weighted by atomic mass is 9.67. The van der Waals surface area contributed by atoms with Gasteiger partial charge in [-0.15, -0.1) is 11.3 Å². The Bertz CT molecular complexity index is 463. The van der Waals surface area contributed by atoms with E-state index in [0.717, 1.165) is 11.6 Å². The van der Waals surface area contributed by atoms with E-state index in [9.17, 15) is 0 Å². The monoisotopic (exact) mass is 250 g/mol. The zero-order valence-corrected chi connectivity index (χ0v) is 10.6. The van der Waals surface area contributed by atoms with Crippen LogP contribution in [0.15, 0.2) is 22.2 Å². The molecule has 2 nitrogen and oxygen atoms in total. The molecule has 0 bridgehead atoms. The Morgan fingerprint density at radius 2 is 2.25 bits per heavy atom. The normalized spacial score (nSPS) is 18.3. The summed E-state index contributed by atoms with van der Waals surface area (Å²) < 4.78 is 0. The Hall–Kier alpha value is -0.710. The molecule has 0 unspecified atom stereocenters. The number of hydrogen-bond donors (Lipinski definition) is 1. The van der Waals surface area contributed by atoms with E-state index in [0.29, 0.717) is 0 Å². The second-order valence-corrected chi connectivity index (χ2v) is 6.03. The predicted octanol–water partition coefficient (Wildman–Crippen LogP) is 3.25. The van der Waals surface area contributed by atoms with E-state index < -0.39 is 0 Å². The van der Waals surface area contributed by atoms with Crippen LogP contribution in [0.1, 0.15) is 25.0 Å². The maximum atomic E-state index is 5.90. The van der Waals surface area contributed by atoms with Gasteiger partial charge in [-0.1, -0.05) is 6.42 Å². The zero-order valence-electron chi connectivity index (χ0n) is 8.98. The van der Waals surface area contributed by atoms with Crippen LogP contribution in [-0.2, 0) is 5.41 Å². The molecule has 2 aromatic rings. The summed E-state index contributed by atoms with van der Waals surface area (Å²) in [7, 11) is 0. The van der Waals surface area contributed by atoms with Crippen molar-refractivity contribution in [2.24, 2.45) is 5.73 Å². The molecule has 84 valence electrons. The van der Waals surface area contributed by atoms with Crippen LogP contribution in [0.25, 0.3) is 10.6 Å². The Kier molecular flexibility index (Phi) is 2.58. The largest absolute Gasteiger partial charge is 0.330 e. The number of thiazole rings is 1. The molecule has 2 aromatic heterocycles. The molecule has 0 atom stereocenters. The van der Waals surface area contributed by atoms with Gasteiger partial charge in [0.25, 0.3) is 0 Å². The van der Waals surface area contributed by atoms with Crippen molar-refractivity contribution in [3.63, 3.8) is 0 Å². The van der Waals surface area contributed by atoms with Crippen LogP contribution in [0, 0.1) is 0 Å². The average molecular weight is 250 g/mol. The van der Waals surface area contributed by atoms with Gasteiger partial charge in [0.05, 0.1) is 5.69 Å². The Balaban J connectivity index is 1.93. The van der Waals surface area contributed by atoms with Crippen molar-refractivity contribution in [2.45, 2.75) is 24.7 Å². The van der Waals surface area contributed by atoms with Crippen LogP contribution in [0.5, 0.6) is 0 Å². The van der Waals surface area contributed by atoms with Crippen molar-refractivity contribution in [3.05, 3.63) is 27.9 Å². The second kappa shape index (κ2) is 3.95. The van der Waals surface area contributed by atoms with E-state index >= 15 is 0 Å². The highest BCUT2D eigenvalue weighted by Crippen LogP contribution is 2.43. The van der Waals surface area contributed by atoms with Gasteiger partial charge < -0.3 is 5.73 Å². The summed E-state index contributed by atoms with van der Waals surface area (Å²) in [5.74, 6) is 0. The smallest absolute Gasteiger partial charge is 0.124 e. The van der Waals surface area contributed by atoms with Crippen molar-refractivity contribution < 1.29 is 0 Å². The SMILES string of the molecule is NCC1(c2csc(-c3ccsc3)n2)CCC1. The number of thiophene rings is 1. The third-order valence-electron chi connectivity index (χ3n) is 3.52. The van der Waals surface area contributed by atoms with Gasteiger partial charge in [-0.2, -0.15) is 11.3 Å². The van der Waals surface area contributed by atoms with Crippen LogP contribution in [0.2, 0.25) is 0 Å². The molecular weight excluding hydrogens is 236 g/mol. The fraction of sp³-hybridized carbons (Fsp3) is 0.417. The molecule has 0 aliphatic heterocycles. The first-order chi connectivity index (χ1) is 7.84. The van der Waals surface area contributed by atoms with Crippen LogP contribution in [0.3, 0.4) is 0 Å². The fourth-order valence-corrected chi connectivity index (χ4v) is 3.86. The van der Waals surface area contributed by atoms with Crippen LogP contribution in [0.4, 0.5) is 0 Å². The Labute approximate surface area is 103 Å². The Morgan fingerprint density at radius 1 is 1.38 bits per heavy atom. The average Bonchev–Trinajstić information content (AvgIpc) is 2.86. The van der Waals surface area contributed by atoms with E-state index in [1.165, 1.54) is 30.5 Å². The van der Waals surface area contributed by atoms with Gasteiger partial charge in [0, 0.05) is 28.3 Å². The Morgan fingerprint density at radius 3 is 2.81 bits per heavy atom. The maximum Gasteiger partial charge on any atom is 0.124 e. The summed E-state index contributed by atoms with van der Waals surface area (Å²) >= 11 is 3.46. The topological polar surface area (TPSA) is 38.9 Å². The van der Waals surface area contributed by atoms with E-state index in [1.807, 2.05) is 0 Å². The molecular formula is C12H14N2S2. The molecule has 0 saturated heterocycles. The van der Waals surface area contributed by atoms with Crippen molar-refractivity contribution in [3.8, 4) is 10.6 Å². The molecule has 1 aliphatic rings. The molecule has 2 N–H and O–H groups in total. The number of nitrogens with two attached hydrogens (primary N) is 1. The molecule has 1 saturated carbocycles. The third kappa shape index (κ3) is 1.52. The van der Waals surface area contributed by atoms with Crippen LogP contribution in [-0.4, -0.2) is 11.5 Å². The van der Waals surface area contributed by atoms with E-state index in [-0.39, 0.29) is 5.41 Å². The first-order valence-electron chi connectivity index (χ1n) is 5.53. The molecule has 1 aliphatic carbocycles. The van der Waals surface area contributed by atoms with Crippen molar-refractivity contribution in [1.29, 1.82) is 0 Å². The second-order valence-electron chi connectivity index (χ2n) is 4.39. The molecule has 16 heavy (non-hydrogen) atoms. The number of hydrogen-bond acceptors (Lipinski definition) is 4. The summed E-state index contributed by atoms with van der Waals surface area (Å²) in [5, 5.41) is 7.58. The standard InChI is InChI=1S/C12H14N2S2/c13-8-12(3-1-4-12)10-7-16-11(14-10)9-2-5-15-6-9/h2,5-7H,1,3-4,8,13H2. The molecule has 0 amide bonds. The number of rotatable bonds is 3. The van der Waals surface area contributed by atoms with Gasteiger partial charge in [0.1, 0.15) is 5.01 Å².